The zero-order valence-corrected chi connectivity index (χ0v) is 17.3. The van der Waals surface area contributed by atoms with Crippen LogP contribution in [-0.4, -0.2) is 38.3 Å². The molecule has 0 radical (unpaired) electrons. The molecule has 1 aliphatic heterocycles. The molecule has 2 aromatic carbocycles. The summed E-state index contributed by atoms with van der Waals surface area (Å²) in [5.74, 6) is -0.711. The zero-order valence-electron chi connectivity index (χ0n) is 16.5. The normalized spacial score (nSPS) is 17.7. The first-order valence-electron chi connectivity index (χ1n) is 9.56. The fourth-order valence-corrected chi connectivity index (χ4v) is 5.38. The van der Waals surface area contributed by atoms with E-state index in [9.17, 15) is 17.6 Å². The van der Waals surface area contributed by atoms with Crippen molar-refractivity contribution in [3.8, 4) is 5.75 Å². The number of halogens is 1. The summed E-state index contributed by atoms with van der Waals surface area (Å²) in [6.07, 6.45) is 2.59. The van der Waals surface area contributed by atoms with Gasteiger partial charge < -0.3 is 10.1 Å². The van der Waals surface area contributed by atoms with Crippen LogP contribution in [0.25, 0.3) is 0 Å². The van der Waals surface area contributed by atoms with Crippen LogP contribution in [0.4, 0.5) is 4.39 Å². The van der Waals surface area contributed by atoms with Gasteiger partial charge in [-0.1, -0.05) is 24.6 Å². The van der Waals surface area contributed by atoms with Gasteiger partial charge in [0.15, 0.2) is 0 Å². The zero-order chi connectivity index (χ0) is 21.0. The summed E-state index contributed by atoms with van der Waals surface area (Å²) < 4.78 is 47.0. The number of carbonyl (C=O) groups is 1. The number of amides is 1. The second-order valence-electron chi connectivity index (χ2n) is 7.10. The van der Waals surface area contributed by atoms with Crippen molar-refractivity contribution < 1.29 is 22.3 Å². The Kier molecular flexibility index (Phi) is 6.54. The Balaban J connectivity index is 1.86. The molecule has 1 atom stereocenters. The molecular formula is C21H25FN2O4S. The van der Waals surface area contributed by atoms with Crippen molar-refractivity contribution in [1.82, 2.24) is 9.62 Å². The summed E-state index contributed by atoms with van der Waals surface area (Å²) in [5.41, 5.74) is 0.523. The molecule has 0 aromatic heterocycles. The quantitative estimate of drug-likeness (QED) is 0.778. The van der Waals surface area contributed by atoms with Crippen LogP contribution in [0.1, 0.15) is 42.1 Å². The number of nitrogens with zero attached hydrogens (tertiary/aromatic N) is 1. The Bertz CT molecular complexity index is 994. The monoisotopic (exact) mass is 420 g/mol. The number of piperidine rings is 1. The molecule has 6 nitrogen and oxygen atoms in total. The molecule has 1 aliphatic rings. The number of nitrogens with one attached hydrogen (secondary N) is 1. The van der Waals surface area contributed by atoms with Crippen LogP contribution >= 0.6 is 0 Å². The van der Waals surface area contributed by atoms with Crippen molar-refractivity contribution in [3.05, 3.63) is 59.4 Å². The molecule has 1 heterocycles. The SMILES string of the molecule is COc1ccc(C(=O)NCc2ccccc2F)cc1S(=O)(=O)N1CCCC[C@H]1C. The molecule has 1 saturated heterocycles. The molecular weight excluding hydrogens is 395 g/mol. The minimum Gasteiger partial charge on any atom is -0.495 e. The average molecular weight is 421 g/mol. The molecule has 0 bridgehead atoms. The largest absolute Gasteiger partial charge is 0.495 e. The fourth-order valence-electron chi connectivity index (χ4n) is 3.49. The summed E-state index contributed by atoms with van der Waals surface area (Å²) in [4.78, 5) is 12.5. The van der Waals surface area contributed by atoms with E-state index in [1.807, 2.05) is 6.92 Å². The van der Waals surface area contributed by atoms with Gasteiger partial charge >= 0.3 is 0 Å². The molecule has 1 fully saturated rings. The number of sulfonamides is 1. The predicted octanol–water partition coefficient (Wildman–Crippen LogP) is 3.33. The molecule has 156 valence electrons. The first-order chi connectivity index (χ1) is 13.8. The van der Waals surface area contributed by atoms with Gasteiger partial charge in [-0.15, -0.1) is 0 Å². The lowest BCUT2D eigenvalue weighted by molar-refractivity contribution is 0.0950. The van der Waals surface area contributed by atoms with Crippen molar-refractivity contribution in [2.24, 2.45) is 0 Å². The molecule has 0 unspecified atom stereocenters. The van der Waals surface area contributed by atoms with Gasteiger partial charge in [-0.2, -0.15) is 4.31 Å². The number of hydrogen-bond donors (Lipinski definition) is 1. The van der Waals surface area contributed by atoms with Crippen molar-refractivity contribution in [3.63, 3.8) is 0 Å². The van der Waals surface area contributed by atoms with E-state index in [2.05, 4.69) is 5.32 Å². The van der Waals surface area contributed by atoms with E-state index in [0.29, 0.717) is 12.1 Å². The van der Waals surface area contributed by atoms with Gasteiger partial charge in [-0.25, -0.2) is 12.8 Å². The highest BCUT2D eigenvalue weighted by atomic mass is 32.2. The van der Waals surface area contributed by atoms with Crippen LogP contribution in [0, 0.1) is 5.82 Å². The fraction of sp³-hybridized carbons (Fsp3) is 0.381. The summed E-state index contributed by atoms with van der Waals surface area (Å²) in [6.45, 7) is 2.33. The van der Waals surface area contributed by atoms with Crippen molar-refractivity contribution in [2.45, 2.75) is 43.7 Å². The number of rotatable bonds is 6. The first-order valence-corrected chi connectivity index (χ1v) is 11.0. The van der Waals surface area contributed by atoms with Crippen LogP contribution in [0.2, 0.25) is 0 Å². The summed E-state index contributed by atoms with van der Waals surface area (Å²) >= 11 is 0. The number of carbonyl (C=O) groups excluding carboxylic acids is 1. The second-order valence-corrected chi connectivity index (χ2v) is 8.96. The van der Waals surface area contributed by atoms with Gasteiger partial charge in [0.1, 0.15) is 16.5 Å². The maximum atomic E-state index is 13.8. The third kappa shape index (κ3) is 4.59. The van der Waals surface area contributed by atoms with Crippen molar-refractivity contribution in [1.29, 1.82) is 0 Å². The molecule has 29 heavy (non-hydrogen) atoms. The van der Waals surface area contributed by atoms with Gasteiger partial charge in [0.2, 0.25) is 10.0 Å². The lowest BCUT2D eigenvalue weighted by Crippen LogP contribution is -2.42. The standard InChI is InChI=1S/C21H25FN2O4S/c1-15-7-5-6-12-24(15)29(26,27)20-13-16(10-11-19(20)28-2)21(25)23-14-17-8-3-4-9-18(17)22/h3-4,8-11,13,15H,5-7,12,14H2,1-2H3,(H,23,25)/t15-/m1/s1. The molecule has 2 aromatic rings. The Labute approximate surface area is 170 Å². The van der Waals surface area contributed by atoms with Crippen molar-refractivity contribution in [2.75, 3.05) is 13.7 Å². The van der Waals surface area contributed by atoms with Crippen LogP contribution in [0.5, 0.6) is 5.75 Å². The Morgan fingerprint density at radius 2 is 2.00 bits per heavy atom. The average Bonchev–Trinajstić information content (AvgIpc) is 2.72. The number of benzene rings is 2. The van der Waals surface area contributed by atoms with Gasteiger partial charge in [-0.05, 0) is 44.0 Å². The van der Waals surface area contributed by atoms with E-state index >= 15 is 0 Å². The predicted molar refractivity (Wildman–Crippen MR) is 108 cm³/mol. The summed E-state index contributed by atoms with van der Waals surface area (Å²) in [7, 11) is -2.42. The maximum absolute atomic E-state index is 13.8. The third-order valence-corrected chi connectivity index (χ3v) is 7.19. The summed E-state index contributed by atoms with van der Waals surface area (Å²) in [5, 5.41) is 2.63. The molecule has 0 spiro atoms. The van der Waals surface area contributed by atoms with Crippen LogP contribution < -0.4 is 10.1 Å². The minimum atomic E-state index is -3.82. The topological polar surface area (TPSA) is 75.7 Å². The van der Waals surface area contributed by atoms with E-state index in [0.717, 1.165) is 19.3 Å². The van der Waals surface area contributed by atoms with Crippen molar-refractivity contribution >= 4 is 15.9 Å². The van der Waals surface area contributed by atoms with Crippen LogP contribution in [-0.2, 0) is 16.6 Å². The lowest BCUT2D eigenvalue weighted by atomic mass is 10.1. The summed E-state index contributed by atoms with van der Waals surface area (Å²) in [6, 6.07) is 10.3. The Hall–Kier alpha value is -2.45. The molecule has 0 saturated carbocycles. The van der Waals surface area contributed by atoms with E-state index < -0.39 is 21.7 Å². The van der Waals surface area contributed by atoms with Crippen LogP contribution in [0.3, 0.4) is 0 Å². The first kappa shape index (κ1) is 21.3. The van der Waals surface area contributed by atoms with E-state index in [1.165, 1.54) is 35.7 Å². The molecule has 0 aliphatic carbocycles. The minimum absolute atomic E-state index is 0.00276. The smallest absolute Gasteiger partial charge is 0.251 e. The van der Waals surface area contributed by atoms with E-state index in [4.69, 9.17) is 4.74 Å². The number of methoxy groups -OCH3 is 1. The van der Waals surface area contributed by atoms with Gasteiger partial charge in [-0.3, -0.25) is 4.79 Å². The molecule has 3 rings (SSSR count). The lowest BCUT2D eigenvalue weighted by Gasteiger charge is -2.32. The molecule has 1 amide bonds. The van der Waals surface area contributed by atoms with Gasteiger partial charge in [0.05, 0.1) is 7.11 Å². The Morgan fingerprint density at radius 3 is 2.69 bits per heavy atom. The highest BCUT2D eigenvalue weighted by Gasteiger charge is 2.33. The number of ether oxygens (including phenoxy) is 1. The van der Waals surface area contributed by atoms with E-state index in [1.54, 1.807) is 18.2 Å². The van der Waals surface area contributed by atoms with E-state index in [-0.39, 0.29) is 28.8 Å². The third-order valence-electron chi connectivity index (χ3n) is 5.15. The maximum Gasteiger partial charge on any atom is 0.251 e. The molecule has 1 N–H and O–H groups in total. The molecule has 8 heteroatoms. The number of hydrogen-bond acceptors (Lipinski definition) is 4. The van der Waals surface area contributed by atoms with Gasteiger partial charge in [0, 0.05) is 30.3 Å². The Morgan fingerprint density at radius 1 is 1.24 bits per heavy atom. The highest BCUT2D eigenvalue weighted by Crippen LogP contribution is 2.31. The highest BCUT2D eigenvalue weighted by molar-refractivity contribution is 7.89. The van der Waals surface area contributed by atoms with Gasteiger partial charge in [0.25, 0.3) is 5.91 Å². The second kappa shape index (κ2) is 8.92. The van der Waals surface area contributed by atoms with Crippen LogP contribution in [0.15, 0.2) is 47.4 Å².